The van der Waals surface area contributed by atoms with Crippen LogP contribution >= 0.6 is 0 Å². The van der Waals surface area contributed by atoms with E-state index in [2.05, 4.69) is 0 Å². The van der Waals surface area contributed by atoms with Gasteiger partial charge in [0, 0.05) is 22.6 Å². The standard InChI is InChI=1S/C24H18O7/c1-28-18-11-10-17-20(14-6-4-5-7-15(14)23(26)29-2)16-9-8-13(25)12-19(16)31-22(17)21(18)24(27)30-3/h4-12H,1-3H3. The molecule has 156 valence electrons. The molecule has 0 bridgehead atoms. The Morgan fingerprint density at radius 1 is 0.839 bits per heavy atom. The van der Waals surface area contributed by atoms with Gasteiger partial charge in [0.2, 0.25) is 0 Å². The van der Waals surface area contributed by atoms with Crippen molar-refractivity contribution in [3.05, 3.63) is 75.9 Å². The molecule has 7 nitrogen and oxygen atoms in total. The number of esters is 2. The van der Waals surface area contributed by atoms with Crippen molar-refractivity contribution in [1.29, 1.82) is 0 Å². The molecule has 0 saturated carbocycles. The van der Waals surface area contributed by atoms with E-state index in [1.54, 1.807) is 42.5 Å². The fourth-order valence-electron chi connectivity index (χ4n) is 3.66. The van der Waals surface area contributed by atoms with Gasteiger partial charge in [-0.2, -0.15) is 0 Å². The van der Waals surface area contributed by atoms with Crippen LogP contribution in [0.4, 0.5) is 0 Å². The van der Waals surface area contributed by atoms with Crippen molar-refractivity contribution in [3.8, 4) is 28.2 Å². The Bertz CT molecular complexity index is 1350. The van der Waals surface area contributed by atoms with Gasteiger partial charge in [0.15, 0.2) is 11.0 Å². The lowest BCUT2D eigenvalue weighted by Gasteiger charge is -2.19. The summed E-state index contributed by atoms with van der Waals surface area (Å²) in [6.07, 6.45) is 0. The first-order valence-corrected chi connectivity index (χ1v) is 9.33. The molecule has 0 radical (unpaired) electrons. The maximum Gasteiger partial charge on any atom is 0.345 e. The van der Waals surface area contributed by atoms with Gasteiger partial charge in [0.05, 0.1) is 26.9 Å². The van der Waals surface area contributed by atoms with Gasteiger partial charge in [0.25, 0.3) is 0 Å². The Morgan fingerprint density at radius 3 is 2.29 bits per heavy atom. The van der Waals surface area contributed by atoms with E-state index in [0.29, 0.717) is 27.6 Å². The highest BCUT2D eigenvalue weighted by Crippen LogP contribution is 2.43. The summed E-state index contributed by atoms with van der Waals surface area (Å²) in [5, 5.41) is 0.545. The molecule has 1 aliphatic carbocycles. The van der Waals surface area contributed by atoms with Crippen molar-refractivity contribution in [2.45, 2.75) is 0 Å². The molecule has 0 unspecified atom stereocenters. The Hall–Kier alpha value is -4.13. The van der Waals surface area contributed by atoms with Gasteiger partial charge in [-0.3, -0.25) is 4.79 Å². The van der Waals surface area contributed by atoms with E-state index < -0.39 is 11.9 Å². The van der Waals surface area contributed by atoms with E-state index in [1.807, 2.05) is 0 Å². The van der Waals surface area contributed by atoms with Gasteiger partial charge in [-0.1, -0.05) is 18.2 Å². The Morgan fingerprint density at radius 2 is 1.58 bits per heavy atom. The van der Waals surface area contributed by atoms with Crippen LogP contribution in [0.15, 0.2) is 63.8 Å². The van der Waals surface area contributed by atoms with Gasteiger partial charge >= 0.3 is 11.9 Å². The van der Waals surface area contributed by atoms with Gasteiger partial charge in [-0.05, 0) is 35.9 Å². The lowest BCUT2D eigenvalue weighted by Crippen LogP contribution is -2.08. The van der Waals surface area contributed by atoms with Crippen molar-refractivity contribution in [1.82, 2.24) is 0 Å². The van der Waals surface area contributed by atoms with Crippen LogP contribution in [0.2, 0.25) is 0 Å². The van der Waals surface area contributed by atoms with E-state index in [1.165, 1.54) is 33.5 Å². The van der Waals surface area contributed by atoms with Crippen LogP contribution in [0.5, 0.6) is 5.75 Å². The first kappa shape index (κ1) is 20.2. The van der Waals surface area contributed by atoms with Crippen molar-refractivity contribution >= 4 is 22.9 Å². The third-order valence-electron chi connectivity index (χ3n) is 5.03. The van der Waals surface area contributed by atoms with Crippen LogP contribution in [0.3, 0.4) is 0 Å². The molecule has 7 heteroatoms. The molecule has 0 spiro atoms. The normalized spacial score (nSPS) is 10.8. The van der Waals surface area contributed by atoms with Crippen molar-refractivity contribution in [3.63, 3.8) is 0 Å². The first-order chi connectivity index (χ1) is 15.0. The highest BCUT2D eigenvalue weighted by Gasteiger charge is 2.26. The highest BCUT2D eigenvalue weighted by molar-refractivity contribution is 6.13. The van der Waals surface area contributed by atoms with Crippen LogP contribution in [0.1, 0.15) is 20.7 Å². The molecule has 4 rings (SSSR count). The van der Waals surface area contributed by atoms with Crippen molar-refractivity contribution in [2.75, 3.05) is 21.3 Å². The molecule has 1 heterocycles. The third-order valence-corrected chi connectivity index (χ3v) is 5.03. The fourth-order valence-corrected chi connectivity index (χ4v) is 3.66. The average Bonchev–Trinajstić information content (AvgIpc) is 2.80. The summed E-state index contributed by atoms with van der Waals surface area (Å²) < 4.78 is 21.2. The first-order valence-electron chi connectivity index (χ1n) is 9.33. The number of carbonyl (C=O) groups excluding carboxylic acids is 2. The number of benzene rings is 3. The van der Waals surface area contributed by atoms with Crippen LogP contribution in [0.25, 0.3) is 33.4 Å². The number of ether oxygens (including phenoxy) is 3. The summed E-state index contributed by atoms with van der Waals surface area (Å²) in [5.41, 5.74) is 2.12. The molecule has 1 aliphatic heterocycles. The molecule has 0 aromatic heterocycles. The summed E-state index contributed by atoms with van der Waals surface area (Å²) in [4.78, 5) is 37.1. The third kappa shape index (κ3) is 3.30. The Balaban J connectivity index is 2.24. The minimum Gasteiger partial charge on any atom is -0.496 e. The van der Waals surface area contributed by atoms with Gasteiger partial charge in [-0.15, -0.1) is 0 Å². The second kappa shape index (κ2) is 7.95. The summed E-state index contributed by atoms with van der Waals surface area (Å²) in [7, 11) is 3.99. The zero-order valence-corrected chi connectivity index (χ0v) is 17.1. The number of fused-ring (bicyclic) bond motifs is 2. The lowest BCUT2D eigenvalue weighted by atomic mass is 9.90. The highest BCUT2D eigenvalue weighted by atomic mass is 16.5. The van der Waals surface area contributed by atoms with Gasteiger partial charge in [-0.25, -0.2) is 9.59 Å². The van der Waals surface area contributed by atoms with Crippen molar-refractivity contribution < 1.29 is 28.2 Å². The molecule has 0 atom stereocenters. The second-order valence-corrected chi connectivity index (χ2v) is 6.68. The number of carbonyl (C=O) groups is 2. The van der Waals surface area contributed by atoms with E-state index in [-0.39, 0.29) is 28.1 Å². The lowest BCUT2D eigenvalue weighted by molar-refractivity contribution is 0.0590. The van der Waals surface area contributed by atoms with Crippen LogP contribution in [-0.2, 0) is 9.47 Å². The predicted octanol–water partition coefficient (Wildman–Crippen LogP) is 4.15. The Labute approximate surface area is 177 Å². The van der Waals surface area contributed by atoms with E-state index >= 15 is 0 Å². The quantitative estimate of drug-likeness (QED) is 0.363. The zero-order valence-electron chi connectivity index (χ0n) is 17.1. The molecule has 2 aliphatic rings. The number of rotatable bonds is 4. The smallest absolute Gasteiger partial charge is 0.345 e. The summed E-state index contributed by atoms with van der Waals surface area (Å²) in [5.74, 6) is -0.656. The van der Waals surface area contributed by atoms with Crippen LogP contribution in [-0.4, -0.2) is 33.3 Å². The second-order valence-electron chi connectivity index (χ2n) is 6.68. The largest absolute Gasteiger partial charge is 0.496 e. The van der Waals surface area contributed by atoms with Gasteiger partial charge < -0.3 is 18.6 Å². The van der Waals surface area contributed by atoms with E-state index in [4.69, 9.17) is 18.6 Å². The molecular formula is C24H18O7. The molecule has 0 saturated heterocycles. The monoisotopic (exact) mass is 418 g/mol. The number of hydrogen-bond acceptors (Lipinski definition) is 7. The average molecular weight is 418 g/mol. The summed E-state index contributed by atoms with van der Waals surface area (Å²) >= 11 is 0. The summed E-state index contributed by atoms with van der Waals surface area (Å²) in [6, 6.07) is 14.7. The number of hydrogen-bond donors (Lipinski definition) is 0. The SMILES string of the molecule is COC(=O)c1ccccc1-c1c2ccc(=O)cc-2oc2c(C(=O)OC)c(OC)ccc12. The van der Waals surface area contributed by atoms with E-state index in [0.717, 1.165) is 0 Å². The van der Waals surface area contributed by atoms with Crippen LogP contribution in [0, 0.1) is 0 Å². The topological polar surface area (TPSA) is 92.0 Å². The zero-order chi connectivity index (χ0) is 22.1. The summed E-state index contributed by atoms with van der Waals surface area (Å²) in [6.45, 7) is 0. The molecule has 0 fully saturated rings. The minimum absolute atomic E-state index is 0.0810. The molecule has 2 aromatic rings. The van der Waals surface area contributed by atoms with Crippen LogP contribution < -0.4 is 10.2 Å². The molecular weight excluding hydrogens is 400 g/mol. The predicted molar refractivity (Wildman–Crippen MR) is 114 cm³/mol. The number of methoxy groups -OCH3 is 3. The van der Waals surface area contributed by atoms with Crippen molar-refractivity contribution in [2.24, 2.45) is 0 Å². The molecule has 0 amide bonds. The van der Waals surface area contributed by atoms with Gasteiger partial charge in [0.1, 0.15) is 17.1 Å². The fraction of sp³-hybridized carbons (Fsp3) is 0.125. The molecule has 0 N–H and O–H groups in total. The maximum absolute atomic E-state index is 12.6. The minimum atomic E-state index is -0.656. The van der Waals surface area contributed by atoms with E-state index in [9.17, 15) is 14.4 Å². The Kier molecular flexibility index (Phi) is 5.17. The molecule has 31 heavy (non-hydrogen) atoms. The maximum atomic E-state index is 12.6. The molecule has 2 aromatic carbocycles.